The summed E-state index contributed by atoms with van der Waals surface area (Å²) in [5.41, 5.74) is 0. The van der Waals surface area contributed by atoms with Gasteiger partial charge in [-0.25, -0.2) is 0 Å². The third-order valence-corrected chi connectivity index (χ3v) is 4.38. The Kier molecular flexibility index (Phi) is 8.01. The van der Waals surface area contributed by atoms with Crippen molar-refractivity contribution in [3.05, 3.63) is 0 Å². The molecule has 124 valence electrons. The third kappa shape index (κ3) is 5.85. The second-order valence-electron chi connectivity index (χ2n) is 6.40. The maximum atomic E-state index is 5.88. The minimum absolute atomic E-state index is 0.0197. The summed E-state index contributed by atoms with van der Waals surface area (Å²) in [5.74, 6) is 0.785. The molecule has 4 heteroatoms. The zero-order valence-electron chi connectivity index (χ0n) is 13.7. The standard InChI is InChI=1S/C17H32O4/c1-3-5-7-9-16-18-12-15(13-19-16)17-20-10-14(11-21-17)8-6-4-2/h14-17H,3-13H2,1-2H3/t14-,15?,16?,17-. The van der Waals surface area contributed by atoms with E-state index in [0.29, 0.717) is 19.1 Å². The van der Waals surface area contributed by atoms with Crippen molar-refractivity contribution in [3.63, 3.8) is 0 Å². The van der Waals surface area contributed by atoms with E-state index in [1.807, 2.05) is 0 Å². The predicted molar refractivity (Wildman–Crippen MR) is 82.0 cm³/mol. The normalized spacial score (nSPS) is 34.0. The minimum Gasteiger partial charge on any atom is -0.352 e. The fourth-order valence-corrected chi connectivity index (χ4v) is 2.93. The highest BCUT2D eigenvalue weighted by Crippen LogP contribution is 2.25. The molecule has 21 heavy (non-hydrogen) atoms. The van der Waals surface area contributed by atoms with Gasteiger partial charge in [-0.2, -0.15) is 0 Å². The molecule has 0 aliphatic carbocycles. The van der Waals surface area contributed by atoms with Gasteiger partial charge < -0.3 is 18.9 Å². The maximum Gasteiger partial charge on any atom is 0.164 e. The van der Waals surface area contributed by atoms with Crippen LogP contribution >= 0.6 is 0 Å². The Hall–Kier alpha value is -0.160. The Labute approximate surface area is 129 Å². The molecule has 0 saturated carbocycles. The summed E-state index contributed by atoms with van der Waals surface area (Å²) < 4.78 is 23.4. The molecule has 0 aromatic carbocycles. The van der Waals surface area contributed by atoms with Crippen molar-refractivity contribution in [2.75, 3.05) is 26.4 Å². The highest BCUT2D eigenvalue weighted by molar-refractivity contribution is 4.72. The number of hydrogen-bond donors (Lipinski definition) is 0. The smallest absolute Gasteiger partial charge is 0.164 e. The van der Waals surface area contributed by atoms with Crippen LogP contribution in [0.25, 0.3) is 0 Å². The molecular weight excluding hydrogens is 268 g/mol. The fraction of sp³-hybridized carbons (Fsp3) is 1.00. The Balaban J connectivity index is 1.60. The van der Waals surface area contributed by atoms with E-state index in [2.05, 4.69) is 13.8 Å². The van der Waals surface area contributed by atoms with Gasteiger partial charge >= 0.3 is 0 Å². The van der Waals surface area contributed by atoms with Crippen molar-refractivity contribution in [3.8, 4) is 0 Å². The van der Waals surface area contributed by atoms with Gasteiger partial charge in [0.15, 0.2) is 12.6 Å². The lowest BCUT2D eigenvalue weighted by Crippen LogP contribution is -2.44. The molecule has 0 unspecified atom stereocenters. The van der Waals surface area contributed by atoms with Crippen LogP contribution in [-0.4, -0.2) is 39.0 Å². The van der Waals surface area contributed by atoms with E-state index in [9.17, 15) is 0 Å². The largest absolute Gasteiger partial charge is 0.352 e. The van der Waals surface area contributed by atoms with Gasteiger partial charge in [0.25, 0.3) is 0 Å². The molecule has 0 aromatic rings. The van der Waals surface area contributed by atoms with E-state index in [-0.39, 0.29) is 18.5 Å². The molecule has 0 radical (unpaired) electrons. The molecule has 0 aromatic heterocycles. The summed E-state index contributed by atoms with van der Waals surface area (Å²) in [4.78, 5) is 0. The van der Waals surface area contributed by atoms with Gasteiger partial charge in [-0.15, -0.1) is 0 Å². The Morgan fingerprint density at radius 1 is 0.714 bits per heavy atom. The van der Waals surface area contributed by atoms with Crippen LogP contribution in [0.5, 0.6) is 0 Å². The van der Waals surface area contributed by atoms with Crippen molar-refractivity contribution < 1.29 is 18.9 Å². The van der Waals surface area contributed by atoms with Gasteiger partial charge in [-0.3, -0.25) is 0 Å². The van der Waals surface area contributed by atoms with Crippen molar-refractivity contribution >= 4 is 0 Å². The lowest BCUT2D eigenvalue weighted by Gasteiger charge is -2.37. The zero-order chi connectivity index (χ0) is 14.9. The molecule has 0 N–H and O–H groups in total. The van der Waals surface area contributed by atoms with Crippen molar-refractivity contribution in [1.29, 1.82) is 0 Å². The van der Waals surface area contributed by atoms with Gasteiger partial charge in [-0.05, 0) is 19.3 Å². The predicted octanol–water partition coefficient (Wildman–Crippen LogP) is 3.74. The number of ether oxygens (including phenoxy) is 4. The number of rotatable bonds is 8. The first-order valence-electron chi connectivity index (χ1n) is 8.79. The molecule has 0 amide bonds. The Morgan fingerprint density at radius 2 is 1.38 bits per heavy atom. The number of hydrogen-bond acceptors (Lipinski definition) is 4. The van der Waals surface area contributed by atoms with Crippen LogP contribution in [-0.2, 0) is 18.9 Å². The van der Waals surface area contributed by atoms with Crippen LogP contribution in [0.2, 0.25) is 0 Å². The first-order valence-corrected chi connectivity index (χ1v) is 8.79. The first-order chi connectivity index (χ1) is 10.3. The topological polar surface area (TPSA) is 36.9 Å². The molecule has 0 bridgehead atoms. The van der Waals surface area contributed by atoms with E-state index in [0.717, 1.165) is 19.6 Å². The van der Waals surface area contributed by atoms with Gasteiger partial charge in [-0.1, -0.05) is 39.5 Å². The van der Waals surface area contributed by atoms with E-state index in [4.69, 9.17) is 18.9 Å². The average Bonchev–Trinajstić information content (AvgIpc) is 2.54. The van der Waals surface area contributed by atoms with Gasteiger partial charge in [0.1, 0.15) is 0 Å². The quantitative estimate of drug-likeness (QED) is 0.640. The van der Waals surface area contributed by atoms with Crippen molar-refractivity contribution in [1.82, 2.24) is 0 Å². The summed E-state index contributed by atoms with van der Waals surface area (Å²) in [5, 5.41) is 0. The molecule has 2 fully saturated rings. The third-order valence-electron chi connectivity index (χ3n) is 4.38. The van der Waals surface area contributed by atoms with Crippen LogP contribution in [0, 0.1) is 11.8 Å². The van der Waals surface area contributed by atoms with Gasteiger partial charge in [0.2, 0.25) is 0 Å². The molecule has 2 aliphatic rings. The van der Waals surface area contributed by atoms with Crippen LogP contribution in [0.1, 0.15) is 58.8 Å². The molecule has 0 atom stereocenters. The first kappa shape index (κ1) is 17.2. The van der Waals surface area contributed by atoms with Crippen molar-refractivity contribution in [2.45, 2.75) is 71.4 Å². The van der Waals surface area contributed by atoms with E-state index in [1.54, 1.807) is 0 Å². The second-order valence-corrected chi connectivity index (χ2v) is 6.40. The molecule has 2 rings (SSSR count). The zero-order valence-corrected chi connectivity index (χ0v) is 13.7. The van der Waals surface area contributed by atoms with Gasteiger partial charge in [0.05, 0.1) is 32.3 Å². The van der Waals surface area contributed by atoms with Crippen LogP contribution in [0.4, 0.5) is 0 Å². The molecule has 4 nitrogen and oxygen atoms in total. The summed E-state index contributed by atoms with van der Waals surface area (Å²) in [6, 6.07) is 0. The average molecular weight is 300 g/mol. The summed E-state index contributed by atoms with van der Waals surface area (Å²) in [6.45, 7) is 7.47. The van der Waals surface area contributed by atoms with Gasteiger partial charge in [0, 0.05) is 5.92 Å². The number of unbranched alkanes of at least 4 members (excludes halogenated alkanes) is 3. The van der Waals surface area contributed by atoms with Crippen LogP contribution in [0.3, 0.4) is 0 Å². The SMILES string of the molecule is CCCCCC1OCC([C@H]2OC[C@H](CCCC)CO2)CO1. The summed E-state index contributed by atoms with van der Waals surface area (Å²) in [7, 11) is 0. The van der Waals surface area contributed by atoms with E-state index < -0.39 is 0 Å². The highest BCUT2D eigenvalue weighted by Gasteiger charge is 2.33. The van der Waals surface area contributed by atoms with Crippen LogP contribution in [0.15, 0.2) is 0 Å². The minimum atomic E-state index is -0.139. The Bertz CT molecular complexity index is 256. The molecule has 2 saturated heterocycles. The van der Waals surface area contributed by atoms with E-state index in [1.165, 1.54) is 38.5 Å². The molecular formula is C17H32O4. The van der Waals surface area contributed by atoms with E-state index >= 15 is 0 Å². The second kappa shape index (κ2) is 9.78. The Morgan fingerprint density at radius 3 is 2.00 bits per heavy atom. The molecule has 2 aliphatic heterocycles. The lowest BCUT2D eigenvalue weighted by molar-refractivity contribution is -0.281. The molecule has 0 spiro atoms. The summed E-state index contributed by atoms with van der Waals surface area (Å²) >= 11 is 0. The summed E-state index contributed by atoms with van der Waals surface area (Å²) in [6.07, 6.45) is 8.22. The fourth-order valence-electron chi connectivity index (χ4n) is 2.93. The molecule has 2 heterocycles. The monoisotopic (exact) mass is 300 g/mol. The lowest BCUT2D eigenvalue weighted by atomic mass is 10.0. The highest BCUT2D eigenvalue weighted by atomic mass is 16.7. The van der Waals surface area contributed by atoms with Crippen molar-refractivity contribution in [2.24, 2.45) is 11.8 Å². The van der Waals surface area contributed by atoms with Crippen LogP contribution < -0.4 is 0 Å². The maximum absolute atomic E-state index is 5.88.